The van der Waals surface area contributed by atoms with Gasteiger partial charge in [0.2, 0.25) is 5.91 Å². The number of aromatic nitrogens is 2. The number of benzene rings is 1. The van der Waals surface area contributed by atoms with E-state index in [1.165, 1.54) is 4.90 Å². The Morgan fingerprint density at radius 1 is 1.25 bits per heavy atom. The van der Waals surface area contributed by atoms with Crippen molar-refractivity contribution in [2.24, 2.45) is 0 Å². The summed E-state index contributed by atoms with van der Waals surface area (Å²) in [5, 5.41) is 13.3. The third kappa shape index (κ3) is 4.49. The molecule has 0 N–H and O–H groups in total. The molecule has 0 saturated carbocycles. The first kappa shape index (κ1) is 21.0. The van der Waals surface area contributed by atoms with E-state index in [1.807, 2.05) is 24.3 Å². The quantitative estimate of drug-likeness (QED) is 0.717. The van der Waals surface area contributed by atoms with Crippen molar-refractivity contribution in [3.8, 4) is 17.6 Å². The summed E-state index contributed by atoms with van der Waals surface area (Å²) >= 11 is 0. The third-order valence-corrected chi connectivity index (χ3v) is 4.64. The highest BCUT2D eigenvalue weighted by Gasteiger charge is 2.16. The minimum Gasteiger partial charge on any atom is -0.493 e. The molecule has 8 heteroatoms. The lowest BCUT2D eigenvalue weighted by atomic mass is 10.1. The number of aryl methyl sites for hydroxylation is 1. The van der Waals surface area contributed by atoms with Crippen LogP contribution in [0.5, 0.6) is 11.5 Å². The summed E-state index contributed by atoms with van der Waals surface area (Å²) in [4.78, 5) is 26.4. The van der Waals surface area contributed by atoms with Gasteiger partial charge in [0.25, 0.3) is 5.56 Å². The van der Waals surface area contributed by atoms with Crippen LogP contribution in [0.4, 0.5) is 0 Å². The smallest absolute Gasteiger partial charge is 0.285 e. The van der Waals surface area contributed by atoms with Crippen molar-refractivity contribution in [2.75, 3.05) is 27.8 Å². The van der Waals surface area contributed by atoms with Gasteiger partial charge in [-0.15, -0.1) is 0 Å². The Bertz CT molecular complexity index is 975. The average Bonchev–Trinajstić information content (AvgIpc) is 2.70. The van der Waals surface area contributed by atoms with Crippen LogP contribution in [-0.4, -0.2) is 48.4 Å². The molecule has 1 aromatic heterocycles. The first-order valence-electron chi connectivity index (χ1n) is 8.75. The van der Waals surface area contributed by atoms with Crippen LogP contribution in [0.1, 0.15) is 22.4 Å². The summed E-state index contributed by atoms with van der Waals surface area (Å²) in [6, 6.07) is 7.49. The second-order valence-corrected chi connectivity index (χ2v) is 6.41. The highest BCUT2D eigenvalue weighted by atomic mass is 16.5. The highest BCUT2D eigenvalue weighted by molar-refractivity contribution is 5.75. The van der Waals surface area contributed by atoms with Crippen LogP contribution in [0.25, 0.3) is 0 Å². The van der Waals surface area contributed by atoms with Crippen molar-refractivity contribution in [3.05, 3.63) is 50.9 Å². The van der Waals surface area contributed by atoms with E-state index in [0.717, 1.165) is 10.2 Å². The number of rotatable bonds is 7. The van der Waals surface area contributed by atoms with E-state index in [1.54, 1.807) is 35.1 Å². The van der Waals surface area contributed by atoms with Crippen molar-refractivity contribution in [3.63, 3.8) is 0 Å². The van der Waals surface area contributed by atoms with Crippen LogP contribution in [0, 0.1) is 25.2 Å². The van der Waals surface area contributed by atoms with Crippen LogP contribution in [0.3, 0.4) is 0 Å². The van der Waals surface area contributed by atoms with E-state index in [4.69, 9.17) is 9.47 Å². The zero-order valence-corrected chi connectivity index (χ0v) is 16.8. The van der Waals surface area contributed by atoms with Gasteiger partial charge in [0.15, 0.2) is 11.5 Å². The summed E-state index contributed by atoms with van der Waals surface area (Å²) in [7, 11) is 4.81. The zero-order valence-electron chi connectivity index (χ0n) is 16.8. The van der Waals surface area contributed by atoms with Crippen LogP contribution in [0.2, 0.25) is 0 Å². The van der Waals surface area contributed by atoms with Crippen molar-refractivity contribution in [2.45, 2.75) is 26.8 Å². The van der Waals surface area contributed by atoms with Crippen molar-refractivity contribution < 1.29 is 14.3 Å². The van der Waals surface area contributed by atoms with Crippen molar-refractivity contribution in [1.82, 2.24) is 14.7 Å². The molecule has 1 heterocycles. The van der Waals surface area contributed by atoms with Crippen molar-refractivity contribution in [1.29, 1.82) is 5.26 Å². The van der Waals surface area contributed by atoms with Crippen molar-refractivity contribution >= 4 is 5.91 Å². The Morgan fingerprint density at radius 2 is 1.93 bits per heavy atom. The molecule has 0 spiro atoms. The number of nitriles is 1. The zero-order chi connectivity index (χ0) is 20.8. The molecule has 0 aliphatic carbocycles. The molecule has 1 amide bonds. The molecule has 148 valence electrons. The van der Waals surface area contributed by atoms with E-state index in [2.05, 4.69) is 5.10 Å². The lowest BCUT2D eigenvalue weighted by molar-refractivity contribution is -0.130. The number of methoxy groups -OCH3 is 2. The summed E-state index contributed by atoms with van der Waals surface area (Å²) in [5.41, 5.74) is 1.56. The Kier molecular flexibility index (Phi) is 6.77. The highest BCUT2D eigenvalue weighted by Crippen LogP contribution is 2.27. The maximum absolute atomic E-state index is 12.5. The predicted molar refractivity (Wildman–Crippen MR) is 104 cm³/mol. The minimum atomic E-state index is -0.549. The fraction of sp³-hybridized carbons (Fsp3) is 0.400. The van der Waals surface area contributed by atoms with E-state index >= 15 is 0 Å². The van der Waals surface area contributed by atoms with Crippen LogP contribution in [-0.2, 0) is 17.8 Å². The van der Waals surface area contributed by atoms with Gasteiger partial charge in [-0.1, -0.05) is 6.07 Å². The van der Waals surface area contributed by atoms with Crippen LogP contribution >= 0.6 is 0 Å². The fourth-order valence-electron chi connectivity index (χ4n) is 2.72. The molecular formula is C20H24N4O4. The lowest BCUT2D eigenvalue weighted by Crippen LogP contribution is -2.37. The molecule has 2 rings (SSSR count). The Morgan fingerprint density at radius 3 is 2.54 bits per heavy atom. The van der Waals surface area contributed by atoms with E-state index in [-0.39, 0.29) is 18.0 Å². The summed E-state index contributed by atoms with van der Waals surface area (Å²) < 4.78 is 11.6. The van der Waals surface area contributed by atoms with Gasteiger partial charge in [0.1, 0.15) is 18.2 Å². The van der Waals surface area contributed by atoms with Gasteiger partial charge in [-0.3, -0.25) is 9.59 Å². The van der Waals surface area contributed by atoms with Crippen LogP contribution < -0.4 is 15.0 Å². The van der Waals surface area contributed by atoms with E-state index in [0.29, 0.717) is 35.7 Å². The third-order valence-electron chi connectivity index (χ3n) is 4.64. The first-order chi connectivity index (χ1) is 13.3. The first-order valence-corrected chi connectivity index (χ1v) is 8.75. The number of hydrogen-bond acceptors (Lipinski definition) is 6. The average molecular weight is 384 g/mol. The molecule has 28 heavy (non-hydrogen) atoms. The number of carbonyl (C=O) groups excluding carboxylic acids is 1. The van der Waals surface area contributed by atoms with Gasteiger partial charge in [-0.05, 0) is 43.5 Å². The molecule has 8 nitrogen and oxygen atoms in total. The molecule has 0 radical (unpaired) electrons. The molecule has 0 saturated heterocycles. The normalized spacial score (nSPS) is 10.3. The minimum absolute atomic E-state index is 0.0216. The monoisotopic (exact) mass is 384 g/mol. The van der Waals surface area contributed by atoms with Gasteiger partial charge in [0.05, 0.1) is 19.9 Å². The summed E-state index contributed by atoms with van der Waals surface area (Å²) in [5.74, 6) is 1.01. The molecule has 0 unspecified atom stereocenters. The Hall–Kier alpha value is -3.34. The SMILES string of the molecule is COc1ccc(CCN(C)C(=O)Cn2nc(C)c(C)c(C#N)c2=O)cc1OC. The van der Waals surface area contributed by atoms with Gasteiger partial charge in [-0.2, -0.15) is 10.4 Å². The number of likely N-dealkylation sites (N-methyl/N-ethyl adjacent to an activating group) is 1. The standard InChI is InChI=1S/C20H24N4O4/c1-13-14(2)22-24(20(26)16(13)11-21)12-19(25)23(3)9-8-15-6-7-17(27-4)18(10-15)28-5/h6-7,10H,8-9,12H2,1-5H3. The number of carbonyl (C=O) groups is 1. The molecule has 0 atom stereocenters. The van der Waals surface area contributed by atoms with Gasteiger partial charge < -0.3 is 14.4 Å². The maximum atomic E-state index is 12.5. The lowest BCUT2D eigenvalue weighted by Gasteiger charge is -2.18. The summed E-state index contributed by atoms with van der Waals surface area (Å²) in [6.07, 6.45) is 0.612. The summed E-state index contributed by atoms with van der Waals surface area (Å²) in [6.45, 7) is 3.62. The molecule has 0 bridgehead atoms. The van der Waals surface area contributed by atoms with Gasteiger partial charge in [-0.25, -0.2) is 4.68 Å². The topological polar surface area (TPSA) is 97.5 Å². The Balaban J connectivity index is 2.07. The fourth-order valence-corrected chi connectivity index (χ4v) is 2.72. The number of ether oxygens (including phenoxy) is 2. The number of nitrogens with zero attached hydrogens (tertiary/aromatic N) is 4. The van der Waals surface area contributed by atoms with E-state index < -0.39 is 5.56 Å². The second-order valence-electron chi connectivity index (χ2n) is 6.41. The van der Waals surface area contributed by atoms with Gasteiger partial charge >= 0.3 is 0 Å². The molecule has 0 aliphatic heterocycles. The molecular weight excluding hydrogens is 360 g/mol. The largest absolute Gasteiger partial charge is 0.493 e. The Labute approximate surface area is 163 Å². The molecule has 2 aromatic rings. The molecule has 0 fully saturated rings. The van der Waals surface area contributed by atoms with E-state index in [9.17, 15) is 14.9 Å². The molecule has 0 aliphatic rings. The van der Waals surface area contributed by atoms with Crippen LogP contribution in [0.15, 0.2) is 23.0 Å². The predicted octanol–water partition coefficient (Wildman–Crippen LogP) is 1.45. The molecule has 1 aromatic carbocycles. The number of hydrogen-bond donors (Lipinski definition) is 0. The second kappa shape index (κ2) is 9.04. The maximum Gasteiger partial charge on any atom is 0.285 e. The van der Waals surface area contributed by atoms with Gasteiger partial charge in [0, 0.05) is 13.6 Å². The number of amides is 1.